The van der Waals surface area contributed by atoms with Crippen LogP contribution >= 0.6 is 34.8 Å². The van der Waals surface area contributed by atoms with Gasteiger partial charge in [-0.25, -0.2) is 47.5 Å². The van der Waals surface area contributed by atoms with Gasteiger partial charge in [0.2, 0.25) is 17.7 Å². The zero-order valence-corrected chi connectivity index (χ0v) is 53.4. The number of ether oxygens (including phenoxy) is 4. The van der Waals surface area contributed by atoms with Crippen LogP contribution in [0.2, 0.25) is 10.0 Å². The Balaban J connectivity index is 0.000000278. The van der Waals surface area contributed by atoms with Gasteiger partial charge in [0.15, 0.2) is 34.7 Å². The third-order valence-corrected chi connectivity index (χ3v) is 12.3. The van der Waals surface area contributed by atoms with Crippen molar-refractivity contribution < 1.29 is 110 Å². The van der Waals surface area contributed by atoms with E-state index < -0.39 is 128 Å². The molecule has 8 rings (SSSR count). The number of anilines is 3. The van der Waals surface area contributed by atoms with Crippen molar-refractivity contribution in [3.63, 3.8) is 0 Å². The van der Waals surface area contributed by atoms with E-state index in [-0.39, 0.29) is 51.0 Å². The van der Waals surface area contributed by atoms with Crippen molar-refractivity contribution in [2.45, 2.75) is 78.2 Å². The lowest BCUT2D eigenvalue weighted by molar-refractivity contribution is -0.141. The van der Waals surface area contributed by atoms with Gasteiger partial charge in [0.05, 0.1) is 58.0 Å². The van der Waals surface area contributed by atoms with Gasteiger partial charge in [-0.1, -0.05) is 23.2 Å². The number of aromatic nitrogens is 5. The summed E-state index contributed by atoms with van der Waals surface area (Å²) in [7, 11) is 2.35. The molecule has 1 amide bonds. The molecule has 0 unspecified atom stereocenters. The van der Waals surface area contributed by atoms with Crippen molar-refractivity contribution in [2.24, 2.45) is 0 Å². The Kier molecular flexibility index (Phi) is 28.7. The van der Waals surface area contributed by atoms with Crippen LogP contribution in [0.3, 0.4) is 0 Å². The van der Waals surface area contributed by atoms with E-state index in [1.807, 2.05) is 13.8 Å². The fraction of sp³-hybridized carbons (Fsp3) is 0.226. The van der Waals surface area contributed by atoms with Crippen LogP contribution in [0.15, 0.2) is 128 Å². The third-order valence-electron chi connectivity index (χ3n) is 11.6. The fourth-order valence-corrected chi connectivity index (χ4v) is 7.86. The van der Waals surface area contributed by atoms with Gasteiger partial charge in [-0.05, 0) is 120 Å². The minimum absolute atomic E-state index is 0.0346. The molecule has 0 aliphatic carbocycles. The van der Waals surface area contributed by atoms with E-state index in [2.05, 4.69) is 45.0 Å². The number of esters is 2. The van der Waals surface area contributed by atoms with Gasteiger partial charge in [-0.3, -0.25) is 14.6 Å². The highest BCUT2D eigenvalue weighted by Gasteiger charge is 2.38. The first-order valence-corrected chi connectivity index (χ1v) is 28.3. The Labute approximate surface area is 557 Å². The summed E-state index contributed by atoms with van der Waals surface area (Å²) in [6.45, 7) is 10.4. The van der Waals surface area contributed by atoms with Crippen LogP contribution in [0.1, 0.15) is 110 Å². The predicted octanol–water partition coefficient (Wildman–Crippen LogP) is 17.0. The van der Waals surface area contributed by atoms with Crippen LogP contribution in [0.25, 0.3) is 0 Å². The minimum atomic E-state index is -4.85. The van der Waals surface area contributed by atoms with Crippen LogP contribution in [-0.4, -0.2) is 96.5 Å². The molecule has 0 saturated carbocycles. The molecule has 0 saturated heterocycles. The number of benzene rings is 3. The predicted molar refractivity (Wildman–Crippen MR) is 326 cm³/mol. The van der Waals surface area contributed by atoms with Crippen LogP contribution in [-0.2, 0) is 28.0 Å². The molecular weight excluding hydrogens is 1390 g/mol. The monoisotopic (exact) mass is 1440 g/mol. The maximum atomic E-state index is 15.0. The quantitative estimate of drug-likeness (QED) is 0.0245. The van der Waals surface area contributed by atoms with Gasteiger partial charge in [-0.15, -0.1) is 0 Å². The van der Waals surface area contributed by atoms with Gasteiger partial charge in [0.25, 0.3) is 11.1 Å². The Morgan fingerprint density at radius 3 is 1.30 bits per heavy atom. The fourth-order valence-electron chi connectivity index (χ4n) is 7.53. The summed E-state index contributed by atoms with van der Waals surface area (Å²) in [5.41, 5.74) is -4.11. The summed E-state index contributed by atoms with van der Waals surface area (Å²) >= 11 is 16.4. The maximum absolute atomic E-state index is 15.0. The second kappa shape index (κ2) is 35.1. The molecule has 5 aromatic heterocycles. The summed E-state index contributed by atoms with van der Waals surface area (Å²) in [6.07, 6.45) is -8.59. The number of carbonyl (C=O) groups is 5. The van der Waals surface area contributed by atoms with Crippen molar-refractivity contribution in [3.05, 3.63) is 206 Å². The van der Waals surface area contributed by atoms with Crippen LogP contribution in [0, 0.1) is 23.4 Å². The van der Waals surface area contributed by atoms with E-state index in [0.29, 0.717) is 35.0 Å². The first-order chi connectivity index (χ1) is 45.2. The molecule has 518 valence electrons. The van der Waals surface area contributed by atoms with Crippen molar-refractivity contribution in [3.8, 4) is 29.0 Å². The number of alkyl halides is 9. The number of methoxy groups -OCH3 is 2. The van der Waals surface area contributed by atoms with Crippen molar-refractivity contribution in [2.75, 3.05) is 29.8 Å². The number of amides is 1. The number of nitrogens with zero attached hydrogens (tertiary/aromatic N) is 6. The number of halogens is 16. The lowest BCUT2D eigenvalue weighted by Crippen LogP contribution is -2.38. The van der Waals surface area contributed by atoms with Crippen molar-refractivity contribution in [1.82, 2.24) is 24.9 Å². The topological polar surface area (TPSA) is 254 Å². The number of hydrogen-bond acceptors (Lipinski definition) is 17. The van der Waals surface area contributed by atoms with Crippen LogP contribution in [0.5, 0.6) is 29.0 Å². The van der Waals surface area contributed by atoms with E-state index in [1.165, 1.54) is 37.7 Å². The highest BCUT2D eigenvalue weighted by molar-refractivity contribution is 6.67. The molecule has 5 heterocycles. The number of aromatic carboxylic acids is 1. The molecule has 3 aromatic carbocycles. The summed E-state index contributed by atoms with van der Waals surface area (Å²) < 4.78 is 188. The summed E-state index contributed by atoms with van der Waals surface area (Å²) in [5.74, 6) is -11.9. The van der Waals surface area contributed by atoms with Gasteiger partial charge in [-0.2, -0.15) is 43.9 Å². The Morgan fingerprint density at radius 2 is 0.928 bits per heavy atom. The SMILES string of the molecule is CC(C)N(C(=O)c1ccc(Cl)cn1)c1cc(F)c(Oc2ncccc2C(F)(F)F)cc1C(=O)O.COC(=O)c1cc(O)c(F)cc1NC(C)C.COC(=O)c1cc(Oc2ncccc2C(F)(F)F)c(F)cc1NC(C)C.Fc1ncccc1C(F)(F)F.O=C(Cl)c1ccc(Cl)cn1. The molecular formula is C62H52Cl3F13N8O11. The van der Waals surface area contributed by atoms with E-state index in [1.54, 1.807) is 33.8 Å². The first-order valence-electron chi connectivity index (χ1n) is 27.2. The Morgan fingerprint density at radius 1 is 0.526 bits per heavy atom. The number of rotatable bonds is 15. The molecule has 4 N–H and O–H groups in total. The highest BCUT2D eigenvalue weighted by atomic mass is 35.5. The molecule has 97 heavy (non-hydrogen) atoms. The van der Waals surface area contributed by atoms with Gasteiger partial charge < -0.3 is 44.7 Å². The van der Waals surface area contributed by atoms with Crippen molar-refractivity contribution >= 4 is 80.9 Å². The molecule has 0 bridgehead atoms. The number of carboxylic acids is 1. The first kappa shape index (κ1) is 79.4. The van der Waals surface area contributed by atoms with Gasteiger partial charge in [0.1, 0.15) is 28.1 Å². The highest BCUT2D eigenvalue weighted by Crippen LogP contribution is 2.41. The lowest BCUT2D eigenvalue weighted by atomic mass is 10.1. The molecule has 8 aromatic rings. The third kappa shape index (κ3) is 23.4. The average Bonchev–Trinajstić information content (AvgIpc) is 0.788. The standard InChI is InChI=1S/C22H16ClF4N3O4.C17H16F4N2O3.C11H14FNO3.C6H3Cl2NO.C6H3F4N/c1-11(2)30(20(31)16-6-5-12(23)10-29-16)17-9-15(24)18(8-13(17)21(32)33)34-19-14(22(25,26)27)4-3-7-28-19;1-9(2)23-13-8-12(18)14(7-10(13)16(24)25-3)26-15-11(17(19,20)21)5-4-6-22-15;1-6(2)13-9-5-8(12)10(14)4-7(9)11(15)16-3;7-4-1-2-5(6(8)10)9-3-4;7-5-4(6(8,9)10)2-1-3-11-5/h3-11H,1-2H3,(H,32,33);4-9,23H,1-3H3;4-6,13-14H,1-3H3;1-3H;1-3H. The van der Waals surface area contributed by atoms with E-state index in [0.717, 1.165) is 79.1 Å². The summed E-state index contributed by atoms with van der Waals surface area (Å²) in [6, 6.07) is 15.7. The number of aromatic hydroxyl groups is 1. The summed E-state index contributed by atoms with van der Waals surface area (Å²) in [5, 5.41) is 24.8. The molecule has 0 atom stereocenters. The van der Waals surface area contributed by atoms with E-state index in [4.69, 9.17) is 44.3 Å². The van der Waals surface area contributed by atoms with E-state index in [9.17, 15) is 91.3 Å². The molecule has 35 heteroatoms. The molecule has 0 radical (unpaired) electrons. The lowest BCUT2D eigenvalue weighted by Gasteiger charge is -2.28. The number of phenolic OH excluding ortho intramolecular Hbond substituents is 1. The largest absolute Gasteiger partial charge is 0.505 e. The number of carboxylic acid groups (broad SMARTS) is 1. The molecule has 0 aliphatic rings. The second-order valence-electron chi connectivity index (χ2n) is 19.9. The minimum Gasteiger partial charge on any atom is -0.505 e. The van der Waals surface area contributed by atoms with Gasteiger partial charge >= 0.3 is 36.4 Å². The van der Waals surface area contributed by atoms with Crippen LogP contribution < -0.4 is 25.0 Å². The zero-order chi connectivity index (χ0) is 73.0. The number of pyridine rings is 5. The molecule has 0 spiro atoms. The normalized spacial score (nSPS) is 11.0. The number of hydrogen-bond donors (Lipinski definition) is 4. The average molecular weight is 1440 g/mol. The summed E-state index contributed by atoms with van der Waals surface area (Å²) in [4.78, 5) is 77.1. The van der Waals surface area contributed by atoms with E-state index >= 15 is 0 Å². The molecule has 0 fully saturated rings. The Bertz CT molecular complexity index is 4060. The smallest absolute Gasteiger partial charge is 0.421 e. The van der Waals surface area contributed by atoms with Crippen molar-refractivity contribution in [1.29, 1.82) is 0 Å². The number of carbonyl (C=O) groups excluding carboxylic acids is 4. The molecule has 19 nitrogen and oxygen atoms in total. The number of phenols is 1. The maximum Gasteiger partial charge on any atom is 0.421 e. The number of nitrogens with one attached hydrogen (secondary N) is 2. The Hall–Kier alpha value is -10.1. The van der Waals surface area contributed by atoms with Crippen LogP contribution in [0.4, 0.5) is 74.1 Å². The zero-order valence-electron chi connectivity index (χ0n) is 51.2. The second-order valence-corrected chi connectivity index (χ2v) is 21.1. The van der Waals surface area contributed by atoms with Gasteiger partial charge in [0, 0.05) is 79.4 Å². The molecule has 0 aliphatic heterocycles.